The number of ether oxygens (including phenoxy) is 2. The second-order valence-corrected chi connectivity index (χ2v) is 21.0. The number of hydrogen-bond donors (Lipinski definition) is 6. The fraction of sp³-hybridized carbons (Fsp3) is 0.364. The SMILES string of the molecule is CC1(C)CCC(CNCCNc2ccc(C(=O)NS(=O)(=O)c3ccc(NCC4CN(S(C)(=O)=O)CCO4)c([N+](C)([O-])O)c3)c(Oc3cccc4[nH]cnc34)c2)=C(c2ccc(Cl)cc2)C1. The lowest BCUT2D eigenvalue weighted by molar-refractivity contribution is -0.00445. The summed E-state index contributed by atoms with van der Waals surface area (Å²) in [5.41, 5.74) is 5.46. The lowest BCUT2D eigenvalue weighted by Gasteiger charge is -2.34. The van der Waals surface area contributed by atoms with Crippen LogP contribution in [0, 0.1) is 10.6 Å². The number of hydroxylamine groups is 2. The average Bonchev–Trinajstić information content (AvgIpc) is 3.73. The number of benzene rings is 4. The number of aromatic amines is 1. The largest absolute Gasteiger partial charge is 0.593 e. The number of anilines is 2. The number of fused-ring (bicyclic) bond motifs is 1. The van der Waals surface area contributed by atoms with Crippen LogP contribution in [0.5, 0.6) is 11.5 Å². The summed E-state index contributed by atoms with van der Waals surface area (Å²) < 4.78 is 67.0. The maximum Gasteiger partial charge on any atom is 0.268 e. The van der Waals surface area contributed by atoms with E-state index in [4.69, 9.17) is 21.1 Å². The average molecular weight is 938 g/mol. The van der Waals surface area contributed by atoms with Crippen molar-refractivity contribution in [1.29, 1.82) is 0 Å². The Hall–Kier alpha value is -5.09. The molecule has 0 bridgehead atoms. The molecule has 20 heteroatoms. The minimum absolute atomic E-state index is 0.0425. The van der Waals surface area contributed by atoms with Crippen molar-refractivity contribution in [2.75, 3.05) is 69.8 Å². The highest BCUT2D eigenvalue weighted by atomic mass is 35.5. The van der Waals surface area contributed by atoms with E-state index in [2.05, 4.69) is 56.6 Å². The zero-order chi connectivity index (χ0) is 45.9. The number of quaternary nitrogens is 1. The maximum absolute atomic E-state index is 13.9. The molecule has 342 valence electrons. The summed E-state index contributed by atoms with van der Waals surface area (Å²) in [5, 5.41) is 34.0. The van der Waals surface area contributed by atoms with Crippen molar-refractivity contribution in [3.05, 3.63) is 112 Å². The predicted molar refractivity (Wildman–Crippen MR) is 249 cm³/mol. The van der Waals surface area contributed by atoms with Gasteiger partial charge in [0.2, 0.25) is 10.0 Å². The smallest absolute Gasteiger partial charge is 0.268 e. The highest BCUT2D eigenvalue weighted by Crippen LogP contribution is 2.43. The molecule has 1 aliphatic heterocycles. The van der Waals surface area contributed by atoms with Crippen LogP contribution in [-0.4, -0.2) is 108 Å². The number of carbonyl (C=O) groups is 1. The third kappa shape index (κ3) is 11.6. The molecule has 2 unspecified atom stereocenters. The molecule has 4 aromatic carbocycles. The topological polar surface area (TPSA) is 227 Å². The van der Waals surface area contributed by atoms with Crippen molar-refractivity contribution < 1.29 is 36.3 Å². The van der Waals surface area contributed by atoms with Crippen LogP contribution in [0.3, 0.4) is 0 Å². The van der Waals surface area contributed by atoms with Gasteiger partial charge in [-0.15, -0.1) is 0 Å². The minimum atomic E-state index is -4.64. The van der Waals surface area contributed by atoms with Gasteiger partial charge < -0.3 is 35.6 Å². The van der Waals surface area contributed by atoms with E-state index in [9.17, 15) is 32.0 Å². The molecule has 1 aliphatic carbocycles. The van der Waals surface area contributed by atoms with Crippen molar-refractivity contribution >= 4 is 71.2 Å². The number of para-hydroxylation sites is 1. The third-order valence-electron chi connectivity index (χ3n) is 11.3. The second-order valence-electron chi connectivity index (χ2n) is 16.9. The van der Waals surface area contributed by atoms with Gasteiger partial charge in [-0.1, -0.05) is 49.2 Å². The number of allylic oxidation sites excluding steroid dienone is 1. The molecule has 1 saturated heterocycles. The molecule has 5 aromatic rings. The monoisotopic (exact) mass is 936 g/mol. The van der Waals surface area contributed by atoms with Gasteiger partial charge in [0.25, 0.3) is 15.9 Å². The van der Waals surface area contributed by atoms with Crippen LogP contribution < -0.4 is 30.2 Å². The van der Waals surface area contributed by atoms with Crippen molar-refractivity contribution in [1.82, 2.24) is 29.1 Å². The van der Waals surface area contributed by atoms with Crippen LogP contribution in [-0.2, 0) is 24.8 Å². The highest BCUT2D eigenvalue weighted by Gasteiger charge is 2.30. The maximum atomic E-state index is 13.9. The number of halogens is 1. The number of nitrogens with one attached hydrogen (secondary N) is 5. The van der Waals surface area contributed by atoms with E-state index in [-0.39, 0.29) is 54.3 Å². The first-order valence-electron chi connectivity index (χ1n) is 20.7. The molecule has 0 radical (unpaired) electrons. The zero-order valence-electron chi connectivity index (χ0n) is 36.0. The molecule has 2 heterocycles. The fourth-order valence-corrected chi connectivity index (χ4v) is 9.77. The Morgan fingerprint density at radius 2 is 1.83 bits per heavy atom. The Morgan fingerprint density at radius 3 is 2.58 bits per heavy atom. The van der Waals surface area contributed by atoms with E-state index in [1.807, 2.05) is 18.2 Å². The van der Waals surface area contributed by atoms with E-state index < -0.39 is 41.8 Å². The Morgan fingerprint density at radius 1 is 1.05 bits per heavy atom. The second kappa shape index (κ2) is 19.2. The van der Waals surface area contributed by atoms with Gasteiger partial charge in [0, 0.05) is 62.1 Å². The molecule has 0 saturated carbocycles. The molecule has 2 atom stereocenters. The van der Waals surface area contributed by atoms with Crippen molar-refractivity contribution in [3.8, 4) is 11.5 Å². The number of amides is 1. The van der Waals surface area contributed by atoms with Gasteiger partial charge in [0.1, 0.15) is 18.3 Å². The first-order valence-corrected chi connectivity index (χ1v) is 24.4. The van der Waals surface area contributed by atoms with Crippen molar-refractivity contribution in [3.63, 3.8) is 0 Å². The lowest BCUT2D eigenvalue weighted by Crippen LogP contribution is -2.47. The quantitative estimate of drug-likeness (QED) is 0.0325. The number of carbonyl (C=O) groups excluding carboxylic acids is 1. The van der Waals surface area contributed by atoms with E-state index in [1.54, 1.807) is 24.3 Å². The summed E-state index contributed by atoms with van der Waals surface area (Å²) in [6.45, 7) is 6.90. The predicted octanol–water partition coefficient (Wildman–Crippen LogP) is 6.69. The number of hydrogen-bond acceptors (Lipinski definition) is 13. The molecule has 1 aromatic heterocycles. The summed E-state index contributed by atoms with van der Waals surface area (Å²) in [7, 11) is -7.22. The number of nitrogens with zero attached hydrogens (tertiary/aromatic N) is 3. The number of aromatic nitrogens is 2. The standard InChI is InChI=1S/C44H53ClN8O9S2/c1-44(2)17-16-30(36(24-44)29-8-10-31(45)11-9-29)25-46-18-19-47-32-12-14-35(41(22-32)62-40-7-5-6-38-42(40)50-28-49-38)43(54)51-64(59,60)34-13-15-37(39(23-34)53(3,55)56)48-26-33-27-52(20-21-61-33)63(4,57)58/h5-15,22-23,28,33,46-48,55H,16-21,24-27H2,1-4H3,(H,49,50)(H,51,54). The van der Waals surface area contributed by atoms with Crippen LogP contribution in [0.4, 0.5) is 17.1 Å². The van der Waals surface area contributed by atoms with Crippen LogP contribution in [0.2, 0.25) is 5.02 Å². The van der Waals surface area contributed by atoms with Gasteiger partial charge in [0.05, 0.1) is 47.0 Å². The zero-order valence-corrected chi connectivity index (χ0v) is 38.4. The molecule has 7 rings (SSSR count). The first kappa shape index (κ1) is 46.9. The van der Waals surface area contributed by atoms with E-state index in [0.29, 0.717) is 40.6 Å². The number of rotatable bonds is 17. The van der Waals surface area contributed by atoms with Crippen molar-refractivity contribution in [2.45, 2.75) is 44.1 Å². The summed E-state index contributed by atoms with van der Waals surface area (Å²) in [6.07, 6.45) is 5.07. The number of H-pyrrole nitrogens is 1. The molecule has 2 aliphatic rings. The summed E-state index contributed by atoms with van der Waals surface area (Å²) >= 11 is 6.19. The molecule has 1 fully saturated rings. The summed E-state index contributed by atoms with van der Waals surface area (Å²) in [4.78, 5) is 18.8. The van der Waals surface area contributed by atoms with E-state index >= 15 is 0 Å². The minimum Gasteiger partial charge on any atom is -0.593 e. The fourth-order valence-electron chi connectivity index (χ4n) is 7.81. The Balaban J connectivity index is 1.06. The van der Waals surface area contributed by atoms with Gasteiger partial charge in [-0.05, 0) is 84.3 Å². The van der Waals surface area contributed by atoms with Gasteiger partial charge in [-0.3, -0.25) is 4.79 Å². The Kier molecular flexibility index (Phi) is 14.0. The molecule has 6 N–H and O–H groups in total. The van der Waals surface area contributed by atoms with Gasteiger partial charge >= 0.3 is 0 Å². The number of imidazole rings is 1. The molecule has 17 nitrogen and oxygen atoms in total. The highest BCUT2D eigenvalue weighted by molar-refractivity contribution is 7.90. The normalized spacial score (nSPS) is 18.1. The molecule has 64 heavy (non-hydrogen) atoms. The van der Waals surface area contributed by atoms with E-state index in [0.717, 1.165) is 45.2 Å². The van der Waals surface area contributed by atoms with Crippen LogP contribution >= 0.6 is 11.6 Å². The summed E-state index contributed by atoms with van der Waals surface area (Å²) in [5.74, 6) is -0.655. The number of sulfonamides is 2. The first-order chi connectivity index (χ1) is 30.3. The van der Waals surface area contributed by atoms with Gasteiger partial charge in [-0.25, -0.2) is 31.7 Å². The van der Waals surface area contributed by atoms with Crippen LogP contribution in [0.15, 0.2) is 95.7 Å². The van der Waals surface area contributed by atoms with Crippen LogP contribution in [0.1, 0.15) is 49.0 Å². The van der Waals surface area contributed by atoms with Gasteiger partial charge in [0.15, 0.2) is 11.4 Å². The Labute approximate surface area is 378 Å². The van der Waals surface area contributed by atoms with Crippen LogP contribution in [0.25, 0.3) is 16.6 Å². The Bertz CT molecular complexity index is 2760. The van der Waals surface area contributed by atoms with E-state index in [1.165, 1.54) is 45.5 Å². The molecular formula is C44H53ClN8O9S2. The lowest BCUT2D eigenvalue weighted by atomic mass is 9.72. The number of morpholine rings is 1. The molecular weight excluding hydrogens is 884 g/mol. The van der Waals surface area contributed by atoms with Gasteiger partial charge in [-0.2, -0.15) is 9.11 Å². The summed E-state index contributed by atoms with van der Waals surface area (Å²) in [6, 6.07) is 21.3. The van der Waals surface area contributed by atoms with Crippen molar-refractivity contribution in [2.24, 2.45) is 5.41 Å². The molecule has 0 spiro atoms. The molecule has 1 amide bonds. The third-order valence-corrected chi connectivity index (χ3v) is 14.1.